The van der Waals surface area contributed by atoms with Gasteiger partial charge in [-0.25, -0.2) is 4.98 Å². The van der Waals surface area contributed by atoms with E-state index in [2.05, 4.69) is 10.3 Å². The molecule has 1 aromatic heterocycles. The maximum absolute atomic E-state index is 12.7. The van der Waals surface area contributed by atoms with Gasteiger partial charge in [0.15, 0.2) is 11.5 Å². The van der Waals surface area contributed by atoms with E-state index in [1.165, 1.54) is 40.4 Å². The smallest absolute Gasteiger partial charge is 0.433 e. The van der Waals surface area contributed by atoms with Gasteiger partial charge in [0.1, 0.15) is 5.69 Å². The van der Waals surface area contributed by atoms with Gasteiger partial charge in [0.2, 0.25) is 5.75 Å². The van der Waals surface area contributed by atoms with E-state index in [9.17, 15) is 18.0 Å². The monoisotopic (exact) mass is 370 g/mol. The van der Waals surface area contributed by atoms with Crippen LogP contribution in [0.25, 0.3) is 0 Å². The first-order valence-electron chi connectivity index (χ1n) is 7.37. The van der Waals surface area contributed by atoms with Crippen LogP contribution in [0.1, 0.15) is 21.7 Å². The van der Waals surface area contributed by atoms with Gasteiger partial charge in [0.05, 0.1) is 32.6 Å². The minimum Gasteiger partial charge on any atom is -0.493 e. The van der Waals surface area contributed by atoms with Gasteiger partial charge in [0, 0.05) is 17.8 Å². The van der Waals surface area contributed by atoms with Crippen molar-refractivity contribution in [2.24, 2.45) is 0 Å². The molecule has 9 heteroatoms. The summed E-state index contributed by atoms with van der Waals surface area (Å²) < 4.78 is 53.6. The molecule has 0 spiro atoms. The van der Waals surface area contributed by atoms with E-state index in [-0.39, 0.29) is 11.3 Å². The molecule has 140 valence electrons. The van der Waals surface area contributed by atoms with Crippen LogP contribution in [0.5, 0.6) is 17.2 Å². The number of hydrogen-bond donors (Lipinski definition) is 1. The number of alkyl halides is 3. The van der Waals surface area contributed by atoms with E-state index in [4.69, 9.17) is 14.2 Å². The van der Waals surface area contributed by atoms with E-state index in [0.29, 0.717) is 22.9 Å². The predicted octanol–water partition coefficient (Wildman–Crippen LogP) is 3.69. The maximum Gasteiger partial charge on any atom is 0.433 e. The Balaban J connectivity index is 2.33. The molecular weight excluding hydrogens is 353 g/mol. The normalized spacial score (nSPS) is 11.0. The Morgan fingerprint density at radius 2 is 1.62 bits per heavy atom. The molecule has 1 N–H and O–H groups in total. The van der Waals surface area contributed by atoms with Crippen LogP contribution in [0.3, 0.4) is 0 Å². The molecule has 0 unspecified atom stereocenters. The first-order valence-corrected chi connectivity index (χ1v) is 7.37. The van der Waals surface area contributed by atoms with Gasteiger partial charge >= 0.3 is 6.18 Å². The lowest BCUT2D eigenvalue weighted by atomic mass is 10.1. The Kier molecular flexibility index (Phi) is 5.59. The maximum atomic E-state index is 12.7. The number of nitrogens with one attached hydrogen (secondary N) is 1. The second-order valence-electron chi connectivity index (χ2n) is 5.20. The average molecular weight is 370 g/mol. The van der Waals surface area contributed by atoms with Crippen LogP contribution >= 0.6 is 0 Å². The highest BCUT2D eigenvalue weighted by Crippen LogP contribution is 2.40. The van der Waals surface area contributed by atoms with Crippen molar-refractivity contribution in [3.63, 3.8) is 0 Å². The zero-order chi connectivity index (χ0) is 19.5. The number of pyridine rings is 1. The van der Waals surface area contributed by atoms with E-state index < -0.39 is 17.8 Å². The summed E-state index contributed by atoms with van der Waals surface area (Å²) in [5.41, 5.74) is -0.750. The third-order valence-electron chi connectivity index (χ3n) is 3.54. The van der Waals surface area contributed by atoms with E-state index in [1.807, 2.05) is 0 Å². The molecule has 0 atom stereocenters. The lowest BCUT2D eigenvalue weighted by Crippen LogP contribution is -2.16. The van der Waals surface area contributed by atoms with Crippen molar-refractivity contribution >= 4 is 11.6 Å². The molecule has 1 heterocycles. The number of amides is 1. The summed E-state index contributed by atoms with van der Waals surface area (Å²) in [4.78, 5) is 15.9. The zero-order valence-corrected chi connectivity index (χ0v) is 14.5. The van der Waals surface area contributed by atoms with Crippen LogP contribution in [0.4, 0.5) is 18.9 Å². The minimum absolute atomic E-state index is 0.0201. The number of carbonyl (C=O) groups excluding carboxylic acids is 1. The highest BCUT2D eigenvalue weighted by atomic mass is 19.4. The fraction of sp³-hybridized carbons (Fsp3) is 0.294. The summed E-state index contributed by atoms with van der Waals surface area (Å²) >= 11 is 0. The summed E-state index contributed by atoms with van der Waals surface area (Å²) in [7, 11) is 4.29. The van der Waals surface area contributed by atoms with E-state index in [0.717, 1.165) is 12.1 Å². The van der Waals surface area contributed by atoms with Crippen LogP contribution in [-0.2, 0) is 6.18 Å². The van der Waals surface area contributed by atoms with Crippen LogP contribution in [0.2, 0.25) is 0 Å². The topological polar surface area (TPSA) is 69.7 Å². The van der Waals surface area contributed by atoms with Crippen molar-refractivity contribution in [1.29, 1.82) is 0 Å². The molecule has 0 aliphatic heterocycles. The van der Waals surface area contributed by atoms with Gasteiger partial charge in [-0.1, -0.05) is 0 Å². The highest BCUT2D eigenvalue weighted by Gasteiger charge is 2.33. The van der Waals surface area contributed by atoms with Crippen LogP contribution in [0.15, 0.2) is 24.3 Å². The fourth-order valence-corrected chi connectivity index (χ4v) is 2.31. The van der Waals surface area contributed by atoms with Crippen LogP contribution in [0, 0.1) is 6.92 Å². The van der Waals surface area contributed by atoms with Crippen molar-refractivity contribution < 1.29 is 32.2 Å². The molecule has 0 aliphatic rings. The second-order valence-corrected chi connectivity index (χ2v) is 5.20. The van der Waals surface area contributed by atoms with Crippen molar-refractivity contribution in [1.82, 2.24) is 4.98 Å². The SMILES string of the molecule is COc1cc(NC(=O)c2ccc(C(F)(F)F)nc2C)cc(OC)c1OC. The number of rotatable bonds is 5. The summed E-state index contributed by atoms with van der Waals surface area (Å²) in [5, 5.41) is 2.58. The molecule has 2 aromatic rings. The summed E-state index contributed by atoms with van der Waals surface area (Å²) in [6, 6.07) is 4.85. The number of aryl methyl sites for hydroxylation is 1. The van der Waals surface area contributed by atoms with Gasteiger partial charge < -0.3 is 19.5 Å². The third kappa shape index (κ3) is 3.98. The number of carbonyl (C=O) groups is 1. The molecule has 0 saturated carbocycles. The Labute approximate surface area is 147 Å². The first-order chi connectivity index (χ1) is 12.2. The Morgan fingerprint density at radius 3 is 2.04 bits per heavy atom. The van der Waals surface area contributed by atoms with E-state index in [1.54, 1.807) is 0 Å². The first kappa shape index (κ1) is 19.4. The number of benzene rings is 1. The summed E-state index contributed by atoms with van der Waals surface area (Å²) in [6.07, 6.45) is -4.57. The number of nitrogens with zero attached hydrogens (tertiary/aromatic N) is 1. The molecular formula is C17H17F3N2O4. The lowest BCUT2D eigenvalue weighted by Gasteiger charge is -2.15. The molecule has 0 bridgehead atoms. The van der Waals surface area contributed by atoms with Gasteiger partial charge in [-0.2, -0.15) is 13.2 Å². The van der Waals surface area contributed by atoms with Crippen LogP contribution < -0.4 is 19.5 Å². The predicted molar refractivity (Wildman–Crippen MR) is 88.0 cm³/mol. The summed E-state index contributed by atoms with van der Waals surface area (Å²) in [5.74, 6) is 0.382. The van der Waals surface area contributed by atoms with Crippen LogP contribution in [-0.4, -0.2) is 32.2 Å². The zero-order valence-electron chi connectivity index (χ0n) is 14.5. The third-order valence-corrected chi connectivity index (χ3v) is 3.54. The molecule has 6 nitrogen and oxygen atoms in total. The number of hydrogen-bond acceptors (Lipinski definition) is 5. The summed E-state index contributed by atoms with van der Waals surface area (Å²) in [6.45, 7) is 1.33. The quantitative estimate of drug-likeness (QED) is 0.869. The second kappa shape index (κ2) is 7.51. The number of methoxy groups -OCH3 is 3. The lowest BCUT2D eigenvalue weighted by molar-refractivity contribution is -0.141. The van der Waals surface area contributed by atoms with Crippen molar-refractivity contribution in [3.05, 3.63) is 41.2 Å². The van der Waals surface area contributed by atoms with Crippen molar-refractivity contribution in [3.8, 4) is 17.2 Å². The number of anilines is 1. The average Bonchev–Trinajstić information content (AvgIpc) is 2.59. The molecule has 2 rings (SSSR count). The van der Waals surface area contributed by atoms with Gasteiger partial charge in [-0.15, -0.1) is 0 Å². The fourth-order valence-electron chi connectivity index (χ4n) is 2.31. The van der Waals surface area contributed by atoms with Gasteiger partial charge in [-0.3, -0.25) is 4.79 Å². The molecule has 0 saturated heterocycles. The number of ether oxygens (including phenoxy) is 3. The Bertz CT molecular complexity index is 797. The molecule has 26 heavy (non-hydrogen) atoms. The van der Waals surface area contributed by atoms with Gasteiger partial charge in [-0.05, 0) is 19.1 Å². The minimum atomic E-state index is -4.57. The molecule has 0 radical (unpaired) electrons. The number of halogens is 3. The van der Waals surface area contributed by atoms with E-state index >= 15 is 0 Å². The molecule has 1 aromatic carbocycles. The standard InChI is InChI=1S/C17H17F3N2O4/c1-9-11(5-6-14(21-9)17(18,19)20)16(23)22-10-7-12(24-2)15(26-4)13(8-10)25-3/h5-8H,1-4H3,(H,22,23). The molecule has 0 aliphatic carbocycles. The van der Waals surface area contributed by atoms with Gasteiger partial charge in [0.25, 0.3) is 5.91 Å². The largest absolute Gasteiger partial charge is 0.493 e. The van der Waals surface area contributed by atoms with Crippen molar-refractivity contribution in [2.75, 3.05) is 26.6 Å². The highest BCUT2D eigenvalue weighted by molar-refractivity contribution is 6.05. The molecule has 0 fully saturated rings. The Hall–Kier alpha value is -2.97. The Morgan fingerprint density at radius 1 is 1.04 bits per heavy atom. The molecule has 1 amide bonds. The van der Waals surface area contributed by atoms with Crippen molar-refractivity contribution in [2.45, 2.75) is 13.1 Å². The number of aromatic nitrogens is 1.